The number of benzene rings is 2. The Kier molecular flexibility index (Phi) is 5.69. The number of hydrogen-bond donors (Lipinski definition) is 1. The fourth-order valence-electron chi connectivity index (χ4n) is 4.99. The van der Waals surface area contributed by atoms with Gasteiger partial charge in [0.05, 0.1) is 5.92 Å². The van der Waals surface area contributed by atoms with Crippen LogP contribution in [0.4, 0.5) is 10.5 Å². The van der Waals surface area contributed by atoms with Gasteiger partial charge in [0, 0.05) is 24.3 Å². The van der Waals surface area contributed by atoms with Gasteiger partial charge in [-0.3, -0.25) is 9.69 Å². The molecule has 2 saturated heterocycles. The fraction of sp³-hybridized carbons (Fsp3) is 0.296. The zero-order valence-electron chi connectivity index (χ0n) is 19.5. The summed E-state index contributed by atoms with van der Waals surface area (Å²) in [5, 5.41) is 12.1. The summed E-state index contributed by atoms with van der Waals surface area (Å²) < 4.78 is 5.71. The van der Waals surface area contributed by atoms with E-state index in [1.165, 1.54) is 0 Å². The molecule has 5 rings (SSSR count). The minimum atomic E-state index is -0.703. The predicted octanol–water partition coefficient (Wildman–Crippen LogP) is 4.21. The maximum absolute atomic E-state index is 12.9. The summed E-state index contributed by atoms with van der Waals surface area (Å²) in [6.45, 7) is 4.25. The van der Waals surface area contributed by atoms with Crippen LogP contribution in [0.5, 0.6) is 0 Å². The van der Waals surface area contributed by atoms with Gasteiger partial charge in [0.15, 0.2) is 0 Å². The van der Waals surface area contributed by atoms with Crippen molar-refractivity contribution in [1.29, 1.82) is 5.26 Å². The zero-order valence-corrected chi connectivity index (χ0v) is 19.5. The van der Waals surface area contributed by atoms with Gasteiger partial charge in [-0.25, -0.2) is 14.8 Å². The molecular formula is C27H25N5O3. The quantitative estimate of drug-likeness (QED) is 0.616. The van der Waals surface area contributed by atoms with E-state index in [1.807, 2.05) is 74.5 Å². The van der Waals surface area contributed by atoms with Gasteiger partial charge in [-0.1, -0.05) is 42.5 Å². The number of ether oxygens (including phenoxy) is 1. The molecule has 2 unspecified atom stereocenters. The van der Waals surface area contributed by atoms with Crippen LogP contribution >= 0.6 is 0 Å². The first kappa shape index (κ1) is 22.5. The molecule has 0 spiro atoms. The Balaban J connectivity index is 1.41. The lowest BCUT2D eigenvalue weighted by atomic mass is 9.84. The smallest absolute Gasteiger partial charge is 0.415 e. The normalized spacial score (nSPS) is 23.3. The van der Waals surface area contributed by atoms with E-state index in [2.05, 4.69) is 15.3 Å². The van der Waals surface area contributed by atoms with Crippen LogP contribution in [0.1, 0.15) is 60.8 Å². The third-order valence-corrected chi connectivity index (χ3v) is 6.67. The fourth-order valence-corrected chi connectivity index (χ4v) is 4.99. The van der Waals surface area contributed by atoms with Gasteiger partial charge in [0.1, 0.15) is 29.2 Å². The lowest BCUT2D eigenvalue weighted by Gasteiger charge is -2.30. The summed E-state index contributed by atoms with van der Waals surface area (Å²) >= 11 is 0. The highest BCUT2D eigenvalue weighted by Gasteiger charge is 2.49. The molecule has 1 N–H and O–H groups in total. The molecule has 3 aromatic rings. The number of rotatable bonds is 4. The molecule has 1 aromatic heterocycles. The molecule has 3 heterocycles. The van der Waals surface area contributed by atoms with Crippen LogP contribution in [-0.4, -0.2) is 34.1 Å². The Morgan fingerprint density at radius 1 is 1.06 bits per heavy atom. The van der Waals surface area contributed by atoms with Crippen molar-refractivity contribution in [3.05, 3.63) is 89.5 Å². The number of amides is 2. The SMILES string of the molecule is CC1(C)OC(=O)N(c2ccc(C3CC(c4nccc(C#N)n4)CNC3=O)cc2)[C@H]1c1ccccc1. The number of anilines is 1. The number of piperidine rings is 1. The van der Waals surface area contributed by atoms with Crippen LogP contribution in [0.3, 0.4) is 0 Å². The third-order valence-electron chi connectivity index (χ3n) is 6.67. The molecule has 8 nitrogen and oxygen atoms in total. The maximum atomic E-state index is 12.9. The van der Waals surface area contributed by atoms with Gasteiger partial charge in [-0.15, -0.1) is 0 Å². The van der Waals surface area contributed by atoms with Crippen LogP contribution < -0.4 is 10.2 Å². The molecular weight excluding hydrogens is 442 g/mol. The minimum absolute atomic E-state index is 0.0608. The highest BCUT2D eigenvalue weighted by atomic mass is 16.6. The maximum Gasteiger partial charge on any atom is 0.415 e. The van der Waals surface area contributed by atoms with Gasteiger partial charge in [0.25, 0.3) is 0 Å². The van der Waals surface area contributed by atoms with Crippen molar-refractivity contribution in [3.8, 4) is 6.07 Å². The second-order valence-corrected chi connectivity index (χ2v) is 9.39. The molecule has 2 aliphatic rings. The Morgan fingerprint density at radius 2 is 1.80 bits per heavy atom. The van der Waals surface area contributed by atoms with Crippen molar-refractivity contribution in [3.63, 3.8) is 0 Å². The lowest BCUT2D eigenvalue weighted by molar-refractivity contribution is -0.124. The molecule has 0 radical (unpaired) electrons. The number of carbonyl (C=O) groups excluding carboxylic acids is 2. The first-order valence-corrected chi connectivity index (χ1v) is 11.6. The topological polar surface area (TPSA) is 108 Å². The second kappa shape index (κ2) is 8.84. The van der Waals surface area contributed by atoms with Crippen molar-refractivity contribution in [2.24, 2.45) is 0 Å². The Hall–Kier alpha value is -4.25. The van der Waals surface area contributed by atoms with E-state index in [1.54, 1.807) is 17.2 Å². The number of cyclic esters (lactones) is 1. The Labute approximate surface area is 203 Å². The molecule has 0 aliphatic carbocycles. The monoisotopic (exact) mass is 467 g/mol. The standard InChI is InChI=1S/C27H25N5O3/c1-27(2)23(18-6-4-3-5-7-18)32(26(34)35-27)21-10-8-17(9-11-21)22-14-19(16-30-25(22)33)24-29-13-12-20(15-28)31-24/h3-13,19,22-23H,14,16H2,1-2H3,(H,30,33)/t19?,22?,23-/m0/s1. The summed E-state index contributed by atoms with van der Waals surface area (Å²) in [6.07, 6.45) is 1.70. The molecule has 0 saturated carbocycles. The molecule has 35 heavy (non-hydrogen) atoms. The summed E-state index contributed by atoms with van der Waals surface area (Å²) in [5.74, 6) is 0.0132. The average Bonchev–Trinajstić information content (AvgIpc) is 3.12. The second-order valence-electron chi connectivity index (χ2n) is 9.39. The number of carbonyl (C=O) groups is 2. The average molecular weight is 468 g/mol. The van der Waals surface area contributed by atoms with E-state index in [-0.39, 0.29) is 23.8 Å². The van der Waals surface area contributed by atoms with Crippen molar-refractivity contribution >= 4 is 17.7 Å². The van der Waals surface area contributed by atoms with Gasteiger partial charge < -0.3 is 10.1 Å². The largest absolute Gasteiger partial charge is 0.441 e. The van der Waals surface area contributed by atoms with Crippen molar-refractivity contribution in [2.75, 3.05) is 11.4 Å². The van der Waals surface area contributed by atoms with Gasteiger partial charge >= 0.3 is 6.09 Å². The van der Waals surface area contributed by atoms with Crippen LogP contribution in [0.2, 0.25) is 0 Å². The number of nitriles is 1. The van der Waals surface area contributed by atoms with Crippen molar-refractivity contribution in [1.82, 2.24) is 15.3 Å². The molecule has 176 valence electrons. The van der Waals surface area contributed by atoms with Crippen molar-refractivity contribution < 1.29 is 14.3 Å². The lowest BCUT2D eigenvalue weighted by Crippen LogP contribution is -2.40. The van der Waals surface area contributed by atoms with Gasteiger partial charge in [-0.2, -0.15) is 5.26 Å². The van der Waals surface area contributed by atoms with Crippen LogP contribution in [-0.2, 0) is 9.53 Å². The zero-order chi connectivity index (χ0) is 24.6. The number of nitrogens with zero attached hydrogens (tertiary/aromatic N) is 4. The highest BCUT2D eigenvalue weighted by Crippen LogP contribution is 2.44. The summed E-state index contributed by atoms with van der Waals surface area (Å²) in [4.78, 5) is 35.9. The number of hydrogen-bond acceptors (Lipinski definition) is 6. The Bertz CT molecular complexity index is 1300. The molecule has 2 fully saturated rings. The summed E-state index contributed by atoms with van der Waals surface area (Å²) in [7, 11) is 0. The van der Waals surface area contributed by atoms with E-state index in [4.69, 9.17) is 10.00 Å². The minimum Gasteiger partial charge on any atom is -0.441 e. The van der Waals surface area contributed by atoms with Crippen molar-refractivity contribution in [2.45, 2.75) is 43.7 Å². The molecule has 3 atom stereocenters. The van der Waals surface area contributed by atoms with Crippen LogP contribution in [0.15, 0.2) is 66.9 Å². The van der Waals surface area contributed by atoms with Crippen LogP contribution in [0, 0.1) is 11.3 Å². The predicted molar refractivity (Wildman–Crippen MR) is 129 cm³/mol. The van der Waals surface area contributed by atoms with E-state index < -0.39 is 11.7 Å². The van der Waals surface area contributed by atoms with E-state index in [0.717, 1.165) is 11.1 Å². The summed E-state index contributed by atoms with van der Waals surface area (Å²) in [6, 6.07) is 20.6. The molecule has 2 aromatic carbocycles. The first-order valence-electron chi connectivity index (χ1n) is 11.6. The van der Waals surface area contributed by atoms with E-state index in [9.17, 15) is 9.59 Å². The van der Waals surface area contributed by atoms with E-state index >= 15 is 0 Å². The van der Waals surface area contributed by atoms with Gasteiger partial charge in [-0.05, 0) is 49.6 Å². The van der Waals surface area contributed by atoms with Crippen LogP contribution in [0.25, 0.3) is 0 Å². The summed E-state index contributed by atoms with van der Waals surface area (Å²) in [5.41, 5.74) is 2.14. The third kappa shape index (κ3) is 4.21. The van der Waals surface area contributed by atoms with Gasteiger partial charge in [0.2, 0.25) is 5.91 Å². The molecule has 2 amide bonds. The number of aromatic nitrogens is 2. The molecule has 2 aliphatic heterocycles. The van der Waals surface area contributed by atoms with E-state index in [0.29, 0.717) is 30.2 Å². The Morgan fingerprint density at radius 3 is 2.51 bits per heavy atom. The molecule has 0 bridgehead atoms. The highest BCUT2D eigenvalue weighted by molar-refractivity contribution is 5.92. The number of nitrogens with one attached hydrogen (secondary N) is 1. The molecule has 8 heteroatoms. The first-order chi connectivity index (χ1) is 16.9.